The maximum absolute atomic E-state index is 12.0. The number of hydrogen-bond donors (Lipinski definition) is 1. The Labute approximate surface area is 124 Å². The van der Waals surface area contributed by atoms with Crippen LogP contribution in [-0.4, -0.2) is 43.8 Å². The standard InChI is InChI=1S/C16H32N2O2/c1-13(12-16(2,3)4)8-11-18(15(19)20-5)14-6-9-17-10-7-14/h13-14,17H,6-12H2,1-5H3. The average molecular weight is 284 g/mol. The summed E-state index contributed by atoms with van der Waals surface area (Å²) in [6.07, 6.45) is 4.13. The molecule has 118 valence electrons. The summed E-state index contributed by atoms with van der Waals surface area (Å²) in [5.74, 6) is 0.629. The average Bonchev–Trinajstić information content (AvgIpc) is 2.37. The zero-order valence-electron chi connectivity index (χ0n) is 13.9. The van der Waals surface area contributed by atoms with Crippen LogP contribution in [0.15, 0.2) is 0 Å². The minimum Gasteiger partial charge on any atom is -0.453 e. The second kappa shape index (κ2) is 7.87. The summed E-state index contributed by atoms with van der Waals surface area (Å²) >= 11 is 0. The Morgan fingerprint density at radius 2 is 1.95 bits per heavy atom. The van der Waals surface area contributed by atoms with Crippen molar-refractivity contribution in [2.75, 3.05) is 26.7 Å². The highest BCUT2D eigenvalue weighted by Crippen LogP contribution is 2.26. The Kier molecular flexibility index (Phi) is 6.80. The number of carbonyl (C=O) groups excluding carboxylic acids is 1. The molecule has 4 nitrogen and oxygen atoms in total. The molecule has 1 aliphatic heterocycles. The van der Waals surface area contributed by atoms with Gasteiger partial charge in [-0.2, -0.15) is 0 Å². The Morgan fingerprint density at radius 3 is 2.45 bits per heavy atom. The number of nitrogens with one attached hydrogen (secondary N) is 1. The number of carbonyl (C=O) groups is 1. The number of rotatable bonds is 5. The number of piperidine rings is 1. The van der Waals surface area contributed by atoms with Crippen molar-refractivity contribution < 1.29 is 9.53 Å². The van der Waals surface area contributed by atoms with Gasteiger partial charge in [0.1, 0.15) is 0 Å². The molecule has 0 aliphatic carbocycles. The first-order chi connectivity index (χ1) is 9.33. The Morgan fingerprint density at radius 1 is 1.35 bits per heavy atom. The van der Waals surface area contributed by atoms with Gasteiger partial charge >= 0.3 is 6.09 Å². The molecule has 1 N–H and O–H groups in total. The summed E-state index contributed by atoms with van der Waals surface area (Å²) in [7, 11) is 1.48. The van der Waals surface area contributed by atoms with E-state index >= 15 is 0 Å². The number of nitrogens with zero attached hydrogens (tertiary/aromatic N) is 1. The van der Waals surface area contributed by atoms with Crippen LogP contribution >= 0.6 is 0 Å². The van der Waals surface area contributed by atoms with E-state index in [-0.39, 0.29) is 6.09 Å². The second-order valence-corrected chi connectivity index (χ2v) is 7.30. The smallest absolute Gasteiger partial charge is 0.409 e. The summed E-state index contributed by atoms with van der Waals surface area (Å²) in [6.45, 7) is 11.9. The van der Waals surface area contributed by atoms with Gasteiger partial charge in [0.25, 0.3) is 0 Å². The molecule has 0 bridgehead atoms. The summed E-state index contributed by atoms with van der Waals surface area (Å²) in [4.78, 5) is 13.9. The Balaban J connectivity index is 2.50. The van der Waals surface area contributed by atoms with Gasteiger partial charge in [-0.15, -0.1) is 0 Å². The highest BCUT2D eigenvalue weighted by atomic mass is 16.5. The lowest BCUT2D eigenvalue weighted by molar-refractivity contribution is 0.0914. The van der Waals surface area contributed by atoms with Crippen molar-refractivity contribution in [3.05, 3.63) is 0 Å². The quantitative estimate of drug-likeness (QED) is 0.842. The largest absolute Gasteiger partial charge is 0.453 e. The molecule has 1 rings (SSSR count). The van der Waals surface area contributed by atoms with Crippen LogP contribution in [0.25, 0.3) is 0 Å². The maximum atomic E-state index is 12.0. The van der Waals surface area contributed by atoms with Crippen LogP contribution in [0, 0.1) is 11.3 Å². The number of methoxy groups -OCH3 is 1. The molecule has 4 heteroatoms. The van der Waals surface area contributed by atoms with Crippen LogP contribution in [-0.2, 0) is 4.74 Å². The van der Waals surface area contributed by atoms with Crippen LogP contribution in [0.2, 0.25) is 0 Å². The minimum absolute atomic E-state index is 0.167. The highest BCUT2D eigenvalue weighted by molar-refractivity contribution is 5.67. The fourth-order valence-electron chi connectivity index (χ4n) is 3.17. The fraction of sp³-hybridized carbons (Fsp3) is 0.938. The molecule has 1 heterocycles. The molecule has 1 saturated heterocycles. The first-order valence-corrected chi connectivity index (χ1v) is 7.89. The third-order valence-electron chi connectivity index (χ3n) is 3.98. The summed E-state index contributed by atoms with van der Waals surface area (Å²) < 4.78 is 4.97. The van der Waals surface area contributed by atoms with E-state index in [0.717, 1.165) is 38.9 Å². The van der Waals surface area contributed by atoms with Gasteiger partial charge in [-0.1, -0.05) is 27.7 Å². The van der Waals surface area contributed by atoms with E-state index in [1.54, 1.807) is 0 Å². The maximum Gasteiger partial charge on any atom is 0.409 e. The molecule has 0 saturated carbocycles. The van der Waals surface area contributed by atoms with Crippen molar-refractivity contribution in [3.63, 3.8) is 0 Å². The third-order valence-corrected chi connectivity index (χ3v) is 3.98. The molecule has 1 unspecified atom stereocenters. The lowest BCUT2D eigenvalue weighted by Crippen LogP contribution is -2.46. The number of amides is 1. The highest BCUT2D eigenvalue weighted by Gasteiger charge is 2.26. The lowest BCUT2D eigenvalue weighted by atomic mass is 9.84. The van der Waals surface area contributed by atoms with Crippen LogP contribution in [0.3, 0.4) is 0 Å². The van der Waals surface area contributed by atoms with Gasteiger partial charge in [0, 0.05) is 12.6 Å². The van der Waals surface area contributed by atoms with Crippen LogP contribution in [0.1, 0.15) is 53.4 Å². The zero-order valence-corrected chi connectivity index (χ0v) is 13.9. The van der Waals surface area contributed by atoms with Gasteiger partial charge in [0.05, 0.1) is 7.11 Å². The molecule has 1 aliphatic rings. The minimum atomic E-state index is -0.167. The molecule has 0 spiro atoms. The summed E-state index contributed by atoms with van der Waals surface area (Å²) in [6, 6.07) is 0.338. The van der Waals surface area contributed by atoms with Crippen molar-refractivity contribution in [2.45, 2.75) is 59.4 Å². The van der Waals surface area contributed by atoms with Crippen molar-refractivity contribution >= 4 is 6.09 Å². The van der Waals surface area contributed by atoms with Crippen molar-refractivity contribution in [1.29, 1.82) is 0 Å². The van der Waals surface area contributed by atoms with E-state index in [2.05, 4.69) is 33.0 Å². The van der Waals surface area contributed by atoms with Crippen LogP contribution < -0.4 is 5.32 Å². The topological polar surface area (TPSA) is 41.6 Å². The van der Waals surface area contributed by atoms with Gasteiger partial charge in [-0.25, -0.2) is 4.79 Å². The number of hydrogen-bond acceptors (Lipinski definition) is 3. The molecule has 20 heavy (non-hydrogen) atoms. The van der Waals surface area contributed by atoms with Crippen LogP contribution in [0.5, 0.6) is 0 Å². The molecule has 0 aromatic carbocycles. The number of ether oxygens (including phenoxy) is 1. The predicted molar refractivity (Wildman–Crippen MR) is 82.9 cm³/mol. The van der Waals surface area contributed by atoms with E-state index in [1.165, 1.54) is 13.5 Å². The molecule has 0 aromatic rings. The molecule has 0 aromatic heterocycles. The van der Waals surface area contributed by atoms with E-state index in [4.69, 9.17) is 4.74 Å². The molecular weight excluding hydrogens is 252 g/mol. The monoisotopic (exact) mass is 284 g/mol. The first kappa shape index (κ1) is 17.3. The second-order valence-electron chi connectivity index (χ2n) is 7.30. The third kappa shape index (κ3) is 6.12. The Bertz CT molecular complexity index is 293. The molecule has 1 amide bonds. The van der Waals surface area contributed by atoms with Crippen molar-refractivity contribution in [2.24, 2.45) is 11.3 Å². The lowest BCUT2D eigenvalue weighted by Gasteiger charge is -2.34. The van der Waals surface area contributed by atoms with Gasteiger partial charge in [-0.05, 0) is 50.1 Å². The normalized spacial score (nSPS) is 18.6. The van der Waals surface area contributed by atoms with Gasteiger partial charge in [0.2, 0.25) is 0 Å². The summed E-state index contributed by atoms with van der Waals surface area (Å²) in [5.41, 5.74) is 0.351. The van der Waals surface area contributed by atoms with E-state index < -0.39 is 0 Å². The summed E-state index contributed by atoms with van der Waals surface area (Å²) in [5, 5.41) is 3.34. The molecule has 1 atom stereocenters. The van der Waals surface area contributed by atoms with Gasteiger partial charge < -0.3 is 15.0 Å². The zero-order chi connectivity index (χ0) is 15.2. The van der Waals surface area contributed by atoms with Crippen LogP contribution in [0.4, 0.5) is 4.79 Å². The first-order valence-electron chi connectivity index (χ1n) is 7.89. The molecule has 0 radical (unpaired) electrons. The van der Waals surface area contributed by atoms with E-state index in [9.17, 15) is 4.79 Å². The fourth-order valence-corrected chi connectivity index (χ4v) is 3.17. The van der Waals surface area contributed by atoms with E-state index in [0.29, 0.717) is 17.4 Å². The Hall–Kier alpha value is -0.770. The van der Waals surface area contributed by atoms with Crippen molar-refractivity contribution in [3.8, 4) is 0 Å². The van der Waals surface area contributed by atoms with Gasteiger partial charge in [0.15, 0.2) is 0 Å². The van der Waals surface area contributed by atoms with Crippen molar-refractivity contribution in [1.82, 2.24) is 10.2 Å². The SMILES string of the molecule is COC(=O)N(CCC(C)CC(C)(C)C)C1CCNCC1. The van der Waals surface area contributed by atoms with E-state index in [1.807, 2.05) is 4.90 Å². The molecule has 1 fully saturated rings. The van der Waals surface area contributed by atoms with Gasteiger partial charge in [-0.3, -0.25) is 0 Å². The molecular formula is C16H32N2O2. The predicted octanol–water partition coefficient (Wildman–Crippen LogP) is 3.27.